The van der Waals surface area contributed by atoms with Gasteiger partial charge in [-0.15, -0.1) is 0 Å². The number of nitrogens with zero attached hydrogens (tertiary/aromatic N) is 2. The van der Waals surface area contributed by atoms with Crippen LogP contribution in [0.4, 0.5) is 0 Å². The molecule has 3 N–H and O–H groups in total. The molecule has 1 rings (SSSR count). The van der Waals surface area contributed by atoms with Gasteiger partial charge in [-0.05, 0) is 13.0 Å². The SMILES string of the molecule is CCCCN1CCN(C(=N)N)CC1. The largest absolute Gasteiger partial charge is 0.370 e. The number of hydrogen-bond acceptors (Lipinski definition) is 2. The first-order chi connectivity index (χ1) is 6.24. The van der Waals surface area contributed by atoms with Crippen molar-refractivity contribution in [1.82, 2.24) is 9.80 Å². The molecule has 4 heteroatoms. The summed E-state index contributed by atoms with van der Waals surface area (Å²) >= 11 is 0. The van der Waals surface area contributed by atoms with Crippen LogP contribution in [0.1, 0.15) is 19.8 Å². The van der Waals surface area contributed by atoms with E-state index >= 15 is 0 Å². The predicted octanol–water partition coefficient (Wildman–Crippen LogP) is 0.298. The smallest absolute Gasteiger partial charge is 0.188 e. The highest BCUT2D eigenvalue weighted by Crippen LogP contribution is 2.02. The lowest BCUT2D eigenvalue weighted by atomic mass is 10.2. The van der Waals surface area contributed by atoms with Gasteiger partial charge in [-0.25, -0.2) is 0 Å². The van der Waals surface area contributed by atoms with Crippen LogP contribution in [0.3, 0.4) is 0 Å². The zero-order valence-electron chi connectivity index (χ0n) is 8.42. The molecule has 1 heterocycles. The average molecular weight is 184 g/mol. The molecule has 0 amide bonds. The van der Waals surface area contributed by atoms with Gasteiger partial charge in [-0.3, -0.25) is 10.3 Å². The molecule has 0 aromatic heterocycles. The molecule has 1 saturated heterocycles. The summed E-state index contributed by atoms with van der Waals surface area (Å²) < 4.78 is 0. The Morgan fingerprint density at radius 2 is 1.92 bits per heavy atom. The van der Waals surface area contributed by atoms with Crippen molar-refractivity contribution in [2.24, 2.45) is 5.73 Å². The van der Waals surface area contributed by atoms with Crippen molar-refractivity contribution in [2.45, 2.75) is 19.8 Å². The monoisotopic (exact) mass is 184 g/mol. The summed E-state index contributed by atoms with van der Waals surface area (Å²) in [6.45, 7) is 7.35. The fourth-order valence-electron chi connectivity index (χ4n) is 1.59. The number of nitrogens with two attached hydrogens (primary N) is 1. The molecule has 0 aromatic rings. The topological polar surface area (TPSA) is 56.4 Å². The summed E-state index contributed by atoms with van der Waals surface area (Å²) in [5.74, 6) is 0.218. The summed E-state index contributed by atoms with van der Waals surface area (Å²) in [5, 5.41) is 7.28. The molecule has 0 aromatic carbocycles. The standard InChI is InChI=1S/C9H20N4/c1-2-3-4-12-5-7-13(8-6-12)9(10)11/h2-8H2,1H3,(H3,10,11). The summed E-state index contributed by atoms with van der Waals surface area (Å²) in [6, 6.07) is 0. The highest BCUT2D eigenvalue weighted by atomic mass is 15.3. The number of nitrogens with one attached hydrogen (secondary N) is 1. The van der Waals surface area contributed by atoms with Crippen LogP contribution in [0.2, 0.25) is 0 Å². The van der Waals surface area contributed by atoms with Crippen molar-refractivity contribution in [3.05, 3.63) is 0 Å². The third kappa shape index (κ3) is 3.22. The first-order valence-corrected chi connectivity index (χ1v) is 5.05. The van der Waals surface area contributed by atoms with Crippen LogP contribution >= 0.6 is 0 Å². The number of unbranched alkanes of at least 4 members (excludes halogenated alkanes) is 1. The minimum Gasteiger partial charge on any atom is -0.370 e. The molecule has 13 heavy (non-hydrogen) atoms. The zero-order chi connectivity index (χ0) is 9.68. The second-order valence-electron chi connectivity index (χ2n) is 3.57. The molecule has 76 valence electrons. The Balaban J connectivity index is 2.18. The molecular formula is C9H20N4. The molecule has 4 nitrogen and oxygen atoms in total. The molecule has 0 radical (unpaired) electrons. The lowest BCUT2D eigenvalue weighted by Crippen LogP contribution is -2.50. The van der Waals surface area contributed by atoms with Crippen LogP contribution in [0.5, 0.6) is 0 Å². The third-order valence-corrected chi connectivity index (χ3v) is 2.54. The highest BCUT2D eigenvalue weighted by molar-refractivity contribution is 5.74. The van der Waals surface area contributed by atoms with E-state index in [1.54, 1.807) is 0 Å². The van der Waals surface area contributed by atoms with Gasteiger partial charge in [-0.2, -0.15) is 0 Å². The Morgan fingerprint density at radius 1 is 1.31 bits per heavy atom. The van der Waals surface area contributed by atoms with Gasteiger partial charge in [0, 0.05) is 26.2 Å². The summed E-state index contributed by atoms with van der Waals surface area (Å²) in [4.78, 5) is 4.38. The van der Waals surface area contributed by atoms with E-state index < -0.39 is 0 Å². The second-order valence-corrected chi connectivity index (χ2v) is 3.57. The van der Waals surface area contributed by atoms with Crippen LogP contribution in [-0.2, 0) is 0 Å². The molecule has 1 aliphatic rings. The minimum absolute atomic E-state index is 0.218. The van der Waals surface area contributed by atoms with Crippen molar-refractivity contribution >= 4 is 5.96 Å². The van der Waals surface area contributed by atoms with E-state index in [1.165, 1.54) is 19.4 Å². The maximum absolute atomic E-state index is 7.28. The normalized spacial score (nSPS) is 19.0. The zero-order valence-corrected chi connectivity index (χ0v) is 8.42. The Hall–Kier alpha value is -0.770. The Labute approximate surface area is 80.2 Å². The van der Waals surface area contributed by atoms with Crippen LogP contribution in [0.15, 0.2) is 0 Å². The van der Waals surface area contributed by atoms with Gasteiger partial charge >= 0.3 is 0 Å². The first-order valence-electron chi connectivity index (χ1n) is 5.05. The van der Waals surface area contributed by atoms with Gasteiger partial charge in [0.25, 0.3) is 0 Å². The first kappa shape index (κ1) is 10.3. The highest BCUT2D eigenvalue weighted by Gasteiger charge is 2.16. The molecule has 1 aliphatic heterocycles. The Morgan fingerprint density at radius 3 is 2.38 bits per heavy atom. The summed E-state index contributed by atoms with van der Waals surface area (Å²) in [7, 11) is 0. The summed E-state index contributed by atoms with van der Waals surface area (Å²) in [5.41, 5.74) is 5.40. The average Bonchev–Trinajstić information content (AvgIpc) is 2.15. The van der Waals surface area contributed by atoms with E-state index in [0.717, 1.165) is 26.2 Å². The van der Waals surface area contributed by atoms with Crippen LogP contribution in [0, 0.1) is 5.41 Å². The fourth-order valence-corrected chi connectivity index (χ4v) is 1.59. The molecule has 0 unspecified atom stereocenters. The van der Waals surface area contributed by atoms with Crippen molar-refractivity contribution < 1.29 is 0 Å². The van der Waals surface area contributed by atoms with E-state index in [0.29, 0.717) is 0 Å². The molecule has 1 fully saturated rings. The van der Waals surface area contributed by atoms with E-state index in [-0.39, 0.29) is 5.96 Å². The quantitative estimate of drug-likeness (QED) is 0.490. The van der Waals surface area contributed by atoms with Gasteiger partial charge in [0.2, 0.25) is 0 Å². The number of hydrogen-bond donors (Lipinski definition) is 2. The number of piperazine rings is 1. The number of rotatable bonds is 3. The van der Waals surface area contributed by atoms with E-state index in [9.17, 15) is 0 Å². The molecule has 0 bridgehead atoms. The van der Waals surface area contributed by atoms with Gasteiger partial charge < -0.3 is 10.6 Å². The maximum Gasteiger partial charge on any atom is 0.188 e. The van der Waals surface area contributed by atoms with E-state index in [1.807, 2.05) is 4.90 Å². The van der Waals surface area contributed by atoms with Crippen LogP contribution in [0.25, 0.3) is 0 Å². The van der Waals surface area contributed by atoms with Gasteiger partial charge in [0.1, 0.15) is 0 Å². The predicted molar refractivity (Wildman–Crippen MR) is 54.8 cm³/mol. The molecular weight excluding hydrogens is 164 g/mol. The lowest BCUT2D eigenvalue weighted by molar-refractivity contribution is 0.178. The number of guanidine groups is 1. The van der Waals surface area contributed by atoms with Gasteiger partial charge in [0.05, 0.1) is 0 Å². The lowest BCUT2D eigenvalue weighted by Gasteiger charge is -2.34. The third-order valence-electron chi connectivity index (χ3n) is 2.54. The fraction of sp³-hybridized carbons (Fsp3) is 0.889. The van der Waals surface area contributed by atoms with Crippen molar-refractivity contribution in [3.8, 4) is 0 Å². The van der Waals surface area contributed by atoms with E-state index in [2.05, 4.69) is 11.8 Å². The van der Waals surface area contributed by atoms with E-state index in [4.69, 9.17) is 11.1 Å². The Kier molecular flexibility index (Phi) is 4.02. The molecule has 0 saturated carbocycles. The van der Waals surface area contributed by atoms with Gasteiger partial charge in [0.15, 0.2) is 5.96 Å². The molecule has 0 atom stereocenters. The van der Waals surface area contributed by atoms with Gasteiger partial charge in [-0.1, -0.05) is 13.3 Å². The van der Waals surface area contributed by atoms with Crippen molar-refractivity contribution in [3.63, 3.8) is 0 Å². The van der Waals surface area contributed by atoms with Crippen LogP contribution < -0.4 is 5.73 Å². The van der Waals surface area contributed by atoms with Crippen molar-refractivity contribution in [2.75, 3.05) is 32.7 Å². The second kappa shape index (κ2) is 5.07. The maximum atomic E-state index is 7.28. The minimum atomic E-state index is 0.218. The molecule has 0 aliphatic carbocycles. The summed E-state index contributed by atoms with van der Waals surface area (Å²) in [6.07, 6.45) is 2.53. The van der Waals surface area contributed by atoms with Crippen molar-refractivity contribution in [1.29, 1.82) is 5.41 Å². The Bertz CT molecular complexity index is 161. The van der Waals surface area contributed by atoms with Crippen LogP contribution in [-0.4, -0.2) is 48.5 Å². The molecule has 0 spiro atoms.